The minimum Gasteiger partial charge on any atom is -0.364 e. The number of rotatable bonds is 4. The number of hydrogen-bond acceptors (Lipinski definition) is 4. The van der Waals surface area contributed by atoms with Crippen molar-refractivity contribution >= 4 is 11.7 Å². The van der Waals surface area contributed by atoms with Crippen LogP contribution in [0.25, 0.3) is 0 Å². The van der Waals surface area contributed by atoms with Crippen molar-refractivity contribution in [2.75, 3.05) is 11.9 Å². The molecule has 1 fully saturated rings. The zero-order valence-electron chi connectivity index (χ0n) is 9.93. The number of anilines is 1. The van der Waals surface area contributed by atoms with Crippen LogP contribution in [0.5, 0.6) is 0 Å². The zero-order valence-corrected chi connectivity index (χ0v) is 9.93. The topological polar surface area (TPSA) is 82.2 Å². The standard InChI is InChI=1S/C11H18N4O2/c1-2-15-10(5-6-13-15)14-11(16)9-4-3-8(7-12)17-9/h5-6,8-9H,2-4,7,12H2,1H3,(H,14,16)/t8-,9+/m1/s1. The number of amides is 1. The van der Waals surface area contributed by atoms with Crippen LogP contribution in [0.2, 0.25) is 0 Å². The van der Waals surface area contributed by atoms with Gasteiger partial charge in [-0.3, -0.25) is 4.79 Å². The Bertz CT molecular complexity index is 391. The van der Waals surface area contributed by atoms with Gasteiger partial charge >= 0.3 is 0 Å². The van der Waals surface area contributed by atoms with Crippen LogP contribution < -0.4 is 11.1 Å². The number of carbonyl (C=O) groups is 1. The Hall–Kier alpha value is -1.40. The van der Waals surface area contributed by atoms with Crippen LogP contribution in [-0.2, 0) is 16.1 Å². The third kappa shape index (κ3) is 2.65. The molecule has 1 aliphatic rings. The third-order valence-electron chi connectivity index (χ3n) is 2.93. The van der Waals surface area contributed by atoms with E-state index in [0.29, 0.717) is 12.4 Å². The van der Waals surface area contributed by atoms with E-state index in [1.165, 1.54) is 0 Å². The fraction of sp³-hybridized carbons (Fsp3) is 0.636. The molecule has 1 amide bonds. The van der Waals surface area contributed by atoms with E-state index in [-0.39, 0.29) is 18.1 Å². The van der Waals surface area contributed by atoms with E-state index >= 15 is 0 Å². The van der Waals surface area contributed by atoms with Crippen molar-refractivity contribution in [3.63, 3.8) is 0 Å². The molecule has 0 aliphatic carbocycles. The Morgan fingerprint density at radius 3 is 3.18 bits per heavy atom. The molecule has 0 radical (unpaired) electrons. The van der Waals surface area contributed by atoms with Gasteiger partial charge < -0.3 is 15.8 Å². The van der Waals surface area contributed by atoms with Crippen LogP contribution in [0.15, 0.2) is 12.3 Å². The number of aryl methyl sites for hydroxylation is 1. The Balaban J connectivity index is 1.93. The molecular weight excluding hydrogens is 220 g/mol. The molecule has 2 rings (SSSR count). The summed E-state index contributed by atoms with van der Waals surface area (Å²) in [6.45, 7) is 3.16. The van der Waals surface area contributed by atoms with Crippen LogP contribution in [0.3, 0.4) is 0 Å². The van der Waals surface area contributed by atoms with E-state index in [2.05, 4.69) is 10.4 Å². The van der Waals surface area contributed by atoms with E-state index in [0.717, 1.165) is 19.4 Å². The lowest BCUT2D eigenvalue weighted by molar-refractivity contribution is -0.126. The maximum Gasteiger partial charge on any atom is 0.254 e. The second-order valence-electron chi connectivity index (χ2n) is 4.08. The van der Waals surface area contributed by atoms with Gasteiger partial charge in [-0.15, -0.1) is 0 Å². The highest BCUT2D eigenvalue weighted by molar-refractivity contribution is 5.93. The monoisotopic (exact) mass is 238 g/mol. The lowest BCUT2D eigenvalue weighted by Gasteiger charge is -2.13. The van der Waals surface area contributed by atoms with Gasteiger partial charge in [0, 0.05) is 19.2 Å². The summed E-state index contributed by atoms with van der Waals surface area (Å²) in [7, 11) is 0. The minimum absolute atomic E-state index is 0.0156. The highest BCUT2D eigenvalue weighted by atomic mass is 16.5. The molecule has 2 heterocycles. The van der Waals surface area contributed by atoms with Crippen molar-refractivity contribution in [2.24, 2.45) is 5.73 Å². The van der Waals surface area contributed by atoms with Crippen LogP contribution in [0.1, 0.15) is 19.8 Å². The number of nitrogens with zero attached hydrogens (tertiary/aromatic N) is 2. The summed E-state index contributed by atoms with van der Waals surface area (Å²) in [5.41, 5.74) is 5.51. The third-order valence-corrected chi connectivity index (χ3v) is 2.93. The van der Waals surface area contributed by atoms with Crippen LogP contribution in [0, 0.1) is 0 Å². The minimum atomic E-state index is -0.385. The van der Waals surface area contributed by atoms with E-state index in [4.69, 9.17) is 10.5 Å². The smallest absolute Gasteiger partial charge is 0.254 e. The predicted molar refractivity (Wildman–Crippen MR) is 63.5 cm³/mol. The number of ether oxygens (including phenoxy) is 1. The summed E-state index contributed by atoms with van der Waals surface area (Å²) in [5.74, 6) is 0.591. The first-order valence-electron chi connectivity index (χ1n) is 5.92. The maximum absolute atomic E-state index is 11.9. The van der Waals surface area contributed by atoms with Gasteiger partial charge in [-0.2, -0.15) is 5.10 Å². The Labute approximate surface area is 100 Å². The average molecular weight is 238 g/mol. The average Bonchev–Trinajstić information content (AvgIpc) is 2.96. The van der Waals surface area contributed by atoms with Gasteiger partial charge in [0.25, 0.3) is 5.91 Å². The molecule has 0 spiro atoms. The van der Waals surface area contributed by atoms with Gasteiger partial charge in [-0.05, 0) is 19.8 Å². The summed E-state index contributed by atoms with van der Waals surface area (Å²) in [6.07, 6.45) is 2.87. The normalized spacial score (nSPS) is 23.9. The van der Waals surface area contributed by atoms with Crippen molar-refractivity contribution in [3.8, 4) is 0 Å². The van der Waals surface area contributed by atoms with Crippen molar-refractivity contribution in [1.82, 2.24) is 9.78 Å². The molecule has 6 heteroatoms. The Kier molecular flexibility index (Phi) is 3.75. The number of nitrogens with two attached hydrogens (primary N) is 1. The number of carbonyl (C=O) groups excluding carboxylic acids is 1. The van der Waals surface area contributed by atoms with Gasteiger partial charge in [0.05, 0.1) is 12.3 Å². The molecule has 0 saturated carbocycles. The SMILES string of the molecule is CCn1nccc1NC(=O)[C@@H]1CC[C@H](CN)O1. The van der Waals surface area contributed by atoms with Crippen LogP contribution in [0.4, 0.5) is 5.82 Å². The maximum atomic E-state index is 11.9. The highest BCUT2D eigenvalue weighted by Crippen LogP contribution is 2.20. The molecule has 1 aromatic rings. The van der Waals surface area contributed by atoms with Crippen molar-refractivity contribution in [1.29, 1.82) is 0 Å². The molecule has 1 aromatic heterocycles. The molecule has 3 N–H and O–H groups in total. The van der Waals surface area contributed by atoms with Gasteiger partial charge in [0.2, 0.25) is 0 Å². The molecule has 17 heavy (non-hydrogen) atoms. The number of aromatic nitrogens is 2. The first-order valence-corrected chi connectivity index (χ1v) is 5.92. The van der Waals surface area contributed by atoms with E-state index in [9.17, 15) is 4.79 Å². The summed E-state index contributed by atoms with van der Waals surface area (Å²) in [5, 5.41) is 6.91. The molecule has 1 aliphatic heterocycles. The highest BCUT2D eigenvalue weighted by Gasteiger charge is 2.30. The molecule has 1 saturated heterocycles. The molecule has 94 valence electrons. The van der Waals surface area contributed by atoms with Crippen molar-refractivity contribution in [3.05, 3.63) is 12.3 Å². The largest absolute Gasteiger partial charge is 0.364 e. The summed E-state index contributed by atoms with van der Waals surface area (Å²) in [6, 6.07) is 1.77. The lowest BCUT2D eigenvalue weighted by atomic mass is 10.2. The van der Waals surface area contributed by atoms with E-state index in [1.807, 2.05) is 6.92 Å². The molecule has 0 unspecified atom stereocenters. The van der Waals surface area contributed by atoms with E-state index < -0.39 is 0 Å². The Morgan fingerprint density at radius 1 is 1.71 bits per heavy atom. The van der Waals surface area contributed by atoms with Crippen LogP contribution >= 0.6 is 0 Å². The van der Waals surface area contributed by atoms with Gasteiger partial charge in [-0.1, -0.05) is 0 Å². The van der Waals surface area contributed by atoms with Crippen molar-refractivity contribution in [2.45, 2.75) is 38.5 Å². The quantitative estimate of drug-likeness (QED) is 0.793. The number of nitrogens with one attached hydrogen (secondary N) is 1. The molecule has 0 bridgehead atoms. The molecular formula is C11H18N4O2. The van der Waals surface area contributed by atoms with E-state index in [1.54, 1.807) is 16.9 Å². The zero-order chi connectivity index (χ0) is 12.3. The first-order chi connectivity index (χ1) is 8.24. The van der Waals surface area contributed by atoms with Crippen molar-refractivity contribution < 1.29 is 9.53 Å². The lowest BCUT2D eigenvalue weighted by Crippen LogP contribution is -2.30. The van der Waals surface area contributed by atoms with Crippen LogP contribution in [-0.4, -0.2) is 34.4 Å². The van der Waals surface area contributed by atoms with Gasteiger partial charge in [0.15, 0.2) is 0 Å². The van der Waals surface area contributed by atoms with Gasteiger partial charge in [0.1, 0.15) is 11.9 Å². The summed E-state index contributed by atoms with van der Waals surface area (Å²) < 4.78 is 7.26. The molecule has 2 atom stereocenters. The number of hydrogen-bond donors (Lipinski definition) is 2. The Morgan fingerprint density at radius 2 is 2.53 bits per heavy atom. The second kappa shape index (κ2) is 5.29. The second-order valence-corrected chi connectivity index (χ2v) is 4.08. The summed E-state index contributed by atoms with van der Waals surface area (Å²) in [4.78, 5) is 11.9. The fourth-order valence-electron chi connectivity index (χ4n) is 1.97. The first kappa shape index (κ1) is 12.1. The predicted octanol–water partition coefficient (Wildman–Crippen LogP) is 0.348. The molecule has 0 aromatic carbocycles. The van der Waals surface area contributed by atoms with Gasteiger partial charge in [-0.25, -0.2) is 4.68 Å². The molecule has 6 nitrogen and oxygen atoms in total. The summed E-state index contributed by atoms with van der Waals surface area (Å²) >= 11 is 0. The fourth-order valence-corrected chi connectivity index (χ4v) is 1.97.